The van der Waals surface area contributed by atoms with Crippen LogP contribution < -0.4 is 10.1 Å². The molecule has 1 atom stereocenters. The number of hydrogen-bond donors (Lipinski definition) is 1. The van der Waals surface area contributed by atoms with Gasteiger partial charge in [-0.15, -0.1) is 0 Å². The molecule has 0 spiro atoms. The Bertz CT molecular complexity index is 889. The standard InChI is InChI=1S/C23H26N2O3/c1-23(2)14-19(18-6-3-4-7-20(18)28-23)24-22(27)17-11-9-16(10-12-17)15-25-13-5-8-21(25)26/h3-4,6-7,9-12,19H,5,8,13-15H2,1-2H3,(H,24,27)/t19-/m0/s1. The second-order valence-electron chi connectivity index (χ2n) is 8.25. The van der Waals surface area contributed by atoms with Crippen LogP contribution in [0.5, 0.6) is 5.75 Å². The molecule has 4 rings (SSSR count). The summed E-state index contributed by atoms with van der Waals surface area (Å²) in [6.07, 6.45) is 2.29. The summed E-state index contributed by atoms with van der Waals surface area (Å²) in [5.74, 6) is 0.943. The molecule has 2 aromatic rings. The molecule has 0 unspecified atom stereocenters. The first-order valence-corrected chi connectivity index (χ1v) is 9.87. The molecule has 0 saturated carbocycles. The minimum absolute atomic E-state index is 0.0886. The molecule has 0 aliphatic carbocycles. The van der Waals surface area contributed by atoms with Gasteiger partial charge in [-0.3, -0.25) is 9.59 Å². The van der Waals surface area contributed by atoms with Gasteiger partial charge in [0.15, 0.2) is 0 Å². The third kappa shape index (κ3) is 3.88. The van der Waals surface area contributed by atoms with Gasteiger partial charge in [0, 0.05) is 37.1 Å². The largest absolute Gasteiger partial charge is 0.487 e. The van der Waals surface area contributed by atoms with E-state index < -0.39 is 0 Å². The number of ether oxygens (including phenoxy) is 1. The van der Waals surface area contributed by atoms with Crippen molar-refractivity contribution in [1.29, 1.82) is 0 Å². The first kappa shape index (κ1) is 18.5. The molecule has 5 heteroatoms. The van der Waals surface area contributed by atoms with E-state index in [4.69, 9.17) is 4.74 Å². The van der Waals surface area contributed by atoms with Crippen LogP contribution in [-0.2, 0) is 11.3 Å². The Hall–Kier alpha value is -2.82. The van der Waals surface area contributed by atoms with E-state index in [0.29, 0.717) is 24.9 Å². The number of para-hydroxylation sites is 1. The van der Waals surface area contributed by atoms with Crippen LogP contribution in [0, 0.1) is 0 Å². The zero-order chi connectivity index (χ0) is 19.7. The Morgan fingerprint density at radius 1 is 1.18 bits per heavy atom. The summed E-state index contributed by atoms with van der Waals surface area (Å²) < 4.78 is 6.04. The average molecular weight is 378 g/mol. The van der Waals surface area contributed by atoms with Gasteiger partial charge in [0.2, 0.25) is 5.91 Å². The van der Waals surface area contributed by atoms with E-state index in [1.165, 1.54) is 0 Å². The number of carbonyl (C=O) groups excluding carboxylic acids is 2. The Balaban J connectivity index is 1.46. The number of hydrogen-bond acceptors (Lipinski definition) is 3. The summed E-state index contributed by atoms with van der Waals surface area (Å²) in [6, 6.07) is 15.3. The average Bonchev–Trinajstić information content (AvgIpc) is 3.06. The van der Waals surface area contributed by atoms with E-state index in [9.17, 15) is 9.59 Å². The zero-order valence-electron chi connectivity index (χ0n) is 16.4. The van der Waals surface area contributed by atoms with E-state index >= 15 is 0 Å². The molecule has 0 radical (unpaired) electrons. The molecular weight excluding hydrogens is 352 g/mol. The highest BCUT2D eigenvalue weighted by molar-refractivity contribution is 5.94. The minimum atomic E-state index is -0.335. The van der Waals surface area contributed by atoms with Crippen LogP contribution in [0.4, 0.5) is 0 Å². The number of nitrogens with one attached hydrogen (secondary N) is 1. The Morgan fingerprint density at radius 3 is 2.64 bits per heavy atom. The quantitative estimate of drug-likeness (QED) is 0.879. The molecule has 1 saturated heterocycles. The third-order valence-electron chi connectivity index (χ3n) is 5.44. The molecule has 1 fully saturated rings. The fourth-order valence-electron chi connectivity index (χ4n) is 4.03. The van der Waals surface area contributed by atoms with Gasteiger partial charge in [-0.2, -0.15) is 0 Å². The molecule has 146 valence electrons. The SMILES string of the molecule is CC1(C)C[C@H](NC(=O)c2ccc(CN3CCCC3=O)cc2)c2ccccc2O1. The Kier molecular flexibility index (Phi) is 4.84. The van der Waals surface area contributed by atoms with Crippen molar-refractivity contribution >= 4 is 11.8 Å². The fourth-order valence-corrected chi connectivity index (χ4v) is 4.03. The van der Waals surface area contributed by atoms with Crippen molar-refractivity contribution in [3.63, 3.8) is 0 Å². The summed E-state index contributed by atoms with van der Waals surface area (Å²) in [4.78, 5) is 26.5. The number of likely N-dealkylation sites (tertiary alicyclic amines) is 1. The third-order valence-corrected chi connectivity index (χ3v) is 5.44. The zero-order valence-corrected chi connectivity index (χ0v) is 16.4. The van der Waals surface area contributed by atoms with Crippen LogP contribution in [0.25, 0.3) is 0 Å². The topological polar surface area (TPSA) is 58.6 Å². The van der Waals surface area contributed by atoms with Crippen LogP contribution in [-0.4, -0.2) is 28.9 Å². The summed E-state index contributed by atoms with van der Waals surface area (Å²) in [7, 11) is 0. The first-order chi connectivity index (χ1) is 13.4. The number of benzene rings is 2. The van der Waals surface area contributed by atoms with Crippen molar-refractivity contribution in [3.05, 3.63) is 65.2 Å². The summed E-state index contributed by atoms with van der Waals surface area (Å²) in [6.45, 7) is 5.51. The maximum Gasteiger partial charge on any atom is 0.251 e. The van der Waals surface area contributed by atoms with Crippen molar-refractivity contribution in [1.82, 2.24) is 10.2 Å². The van der Waals surface area contributed by atoms with Crippen LogP contribution in [0.1, 0.15) is 60.6 Å². The van der Waals surface area contributed by atoms with Crippen molar-refractivity contribution in [2.45, 2.75) is 51.3 Å². The Morgan fingerprint density at radius 2 is 1.93 bits per heavy atom. The highest BCUT2D eigenvalue weighted by Gasteiger charge is 2.34. The molecule has 2 heterocycles. The highest BCUT2D eigenvalue weighted by atomic mass is 16.5. The normalized spacial score (nSPS) is 20.4. The van der Waals surface area contributed by atoms with E-state index in [1.807, 2.05) is 67.3 Å². The van der Waals surface area contributed by atoms with E-state index in [0.717, 1.165) is 29.8 Å². The van der Waals surface area contributed by atoms with Gasteiger partial charge in [-0.05, 0) is 44.0 Å². The first-order valence-electron chi connectivity index (χ1n) is 9.87. The van der Waals surface area contributed by atoms with E-state index in [1.54, 1.807) is 0 Å². The van der Waals surface area contributed by atoms with Crippen LogP contribution in [0.15, 0.2) is 48.5 Å². The van der Waals surface area contributed by atoms with Crippen molar-refractivity contribution < 1.29 is 14.3 Å². The summed E-state index contributed by atoms with van der Waals surface area (Å²) in [5.41, 5.74) is 2.35. The maximum atomic E-state index is 12.8. The van der Waals surface area contributed by atoms with E-state index in [2.05, 4.69) is 5.32 Å². The summed E-state index contributed by atoms with van der Waals surface area (Å²) >= 11 is 0. The monoisotopic (exact) mass is 378 g/mol. The van der Waals surface area contributed by atoms with Crippen molar-refractivity contribution in [2.24, 2.45) is 0 Å². The second-order valence-corrected chi connectivity index (χ2v) is 8.25. The molecule has 2 aliphatic heterocycles. The van der Waals surface area contributed by atoms with Crippen LogP contribution >= 0.6 is 0 Å². The number of fused-ring (bicyclic) bond motifs is 1. The molecular formula is C23H26N2O3. The predicted octanol–water partition coefficient (Wildman–Crippen LogP) is 3.84. The van der Waals surface area contributed by atoms with Gasteiger partial charge in [0.25, 0.3) is 5.91 Å². The summed E-state index contributed by atoms with van der Waals surface area (Å²) in [5, 5.41) is 3.16. The second kappa shape index (κ2) is 7.30. The Labute approximate surface area is 165 Å². The molecule has 28 heavy (non-hydrogen) atoms. The van der Waals surface area contributed by atoms with Crippen LogP contribution in [0.3, 0.4) is 0 Å². The van der Waals surface area contributed by atoms with Gasteiger partial charge in [0.1, 0.15) is 11.4 Å². The van der Waals surface area contributed by atoms with Crippen molar-refractivity contribution in [2.75, 3.05) is 6.54 Å². The van der Waals surface area contributed by atoms with Crippen LogP contribution in [0.2, 0.25) is 0 Å². The predicted molar refractivity (Wildman–Crippen MR) is 107 cm³/mol. The molecule has 2 amide bonds. The number of amides is 2. The minimum Gasteiger partial charge on any atom is -0.487 e. The highest BCUT2D eigenvalue weighted by Crippen LogP contribution is 2.39. The lowest BCUT2D eigenvalue weighted by Crippen LogP contribution is -2.41. The fraction of sp³-hybridized carbons (Fsp3) is 0.391. The maximum absolute atomic E-state index is 12.8. The molecule has 0 bridgehead atoms. The van der Waals surface area contributed by atoms with Gasteiger partial charge < -0.3 is 15.0 Å². The molecule has 2 aromatic carbocycles. The lowest BCUT2D eigenvalue weighted by molar-refractivity contribution is -0.128. The smallest absolute Gasteiger partial charge is 0.251 e. The molecule has 2 aliphatic rings. The molecule has 1 N–H and O–H groups in total. The number of rotatable bonds is 4. The molecule has 5 nitrogen and oxygen atoms in total. The number of nitrogens with zero attached hydrogens (tertiary/aromatic N) is 1. The van der Waals surface area contributed by atoms with E-state index in [-0.39, 0.29) is 23.5 Å². The lowest BCUT2D eigenvalue weighted by Gasteiger charge is -2.37. The lowest BCUT2D eigenvalue weighted by atomic mass is 9.89. The molecule has 0 aromatic heterocycles. The van der Waals surface area contributed by atoms with Crippen molar-refractivity contribution in [3.8, 4) is 5.75 Å². The number of carbonyl (C=O) groups is 2. The van der Waals surface area contributed by atoms with Gasteiger partial charge >= 0.3 is 0 Å². The van der Waals surface area contributed by atoms with Gasteiger partial charge in [-0.25, -0.2) is 0 Å². The van der Waals surface area contributed by atoms with Gasteiger partial charge in [-0.1, -0.05) is 30.3 Å². The van der Waals surface area contributed by atoms with Gasteiger partial charge in [0.05, 0.1) is 6.04 Å².